The van der Waals surface area contributed by atoms with Crippen molar-refractivity contribution in [2.75, 3.05) is 5.73 Å². The highest BCUT2D eigenvalue weighted by Crippen LogP contribution is 1.92. The second kappa shape index (κ2) is 3.04. The van der Waals surface area contributed by atoms with Gasteiger partial charge in [0.05, 0.1) is 6.42 Å². The summed E-state index contributed by atoms with van der Waals surface area (Å²) in [5.41, 5.74) is 9.74. The van der Waals surface area contributed by atoms with E-state index in [4.69, 9.17) is 11.5 Å². The van der Waals surface area contributed by atoms with E-state index < -0.39 is 11.5 Å². The molecule has 1 aromatic rings. The molecule has 0 bridgehead atoms. The minimum atomic E-state index is -0.566. The third-order valence-electron chi connectivity index (χ3n) is 1.15. The highest BCUT2D eigenvalue weighted by atomic mass is 16.1. The molecule has 0 unspecified atom stereocenters. The lowest BCUT2D eigenvalue weighted by Gasteiger charge is -1.96. The summed E-state index contributed by atoms with van der Waals surface area (Å²) in [6.07, 6.45) is -0.111. The molecule has 0 aliphatic heterocycles. The monoisotopic (exact) mass is 168 g/mol. The maximum atomic E-state index is 10.8. The van der Waals surface area contributed by atoms with Crippen LogP contribution in [0.2, 0.25) is 0 Å². The van der Waals surface area contributed by atoms with Gasteiger partial charge in [0, 0.05) is 6.07 Å². The van der Waals surface area contributed by atoms with Crippen molar-refractivity contribution in [2.24, 2.45) is 5.73 Å². The molecule has 0 saturated heterocycles. The zero-order valence-electron chi connectivity index (χ0n) is 6.20. The van der Waals surface area contributed by atoms with Crippen LogP contribution in [0.4, 0.5) is 5.82 Å². The van der Waals surface area contributed by atoms with Crippen LogP contribution in [0.15, 0.2) is 10.9 Å². The first-order chi connectivity index (χ1) is 5.58. The van der Waals surface area contributed by atoms with Crippen LogP contribution in [-0.4, -0.2) is 15.9 Å². The van der Waals surface area contributed by atoms with Gasteiger partial charge in [0.1, 0.15) is 11.6 Å². The number of aromatic nitrogens is 2. The molecule has 0 atom stereocenters. The minimum absolute atomic E-state index is 0.0787. The van der Waals surface area contributed by atoms with Gasteiger partial charge in [-0.3, -0.25) is 9.59 Å². The van der Waals surface area contributed by atoms with Crippen LogP contribution in [0.1, 0.15) is 5.82 Å². The molecule has 1 heterocycles. The zero-order chi connectivity index (χ0) is 9.14. The van der Waals surface area contributed by atoms with Crippen molar-refractivity contribution in [3.8, 4) is 0 Å². The van der Waals surface area contributed by atoms with Crippen molar-refractivity contribution in [3.63, 3.8) is 0 Å². The number of carbonyl (C=O) groups is 1. The summed E-state index contributed by atoms with van der Waals surface area (Å²) in [7, 11) is 0. The summed E-state index contributed by atoms with van der Waals surface area (Å²) in [4.78, 5) is 27.2. The van der Waals surface area contributed by atoms with Crippen LogP contribution in [0.25, 0.3) is 0 Å². The van der Waals surface area contributed by atoms with Gasteiger partial charge in [-0.15, -0.1) is 0 Å². The predicted octanol–water partition coefficient (Wildman–Crippen LogP) is -1.62. The standard InChI is InChI=1S/C6H8N4O2/c7-3-1-6(12)10-5(9-3)2-4(8)11/h1H,2H2,(H2,8,11)(H3,7,9,10,12). The van der Waals surface area contributed by atoms with Gasteiger partial charge in [-0.2, -0.15) is 0 Å². The maximum absolute atomic E-state index is 10.8. The third kappa shape index (κ3) is 2.08. The van der Waals surface area contributed by atoms with Crippen LogP contribution in [0.5, 0.6) is 0 Å². The fourth-order valence-electron chi connectivity index (χ4n) is 0.777. The van der Waals surface area contributed by atoms with Crippen molar-refractivity contribution in [2.45, 2.75) is 6.42 Å². The Hall–Kier alpha value is -1.85. The number of nitrogen functional groups attached to an aromatic ring is 1. The summed E-state index contributed by atoms with van der Waals surface area (Å²) in [5.74, 6) is -0.300. The van der Waals surface area contributed by atoms with Gasteiger partial charge in [0.25, 0.3) is 5.56 Å². The lowest BCUT2D eigenvalue weighted by molar-refractivity contribution is -0.117. The van der Waals surface area contributed by atoms with Crippen LogP contribution < -0.4 is 17.0 Å². The van der Waals surface area contributed by atoms with Crippen molar-refractivity contribution in [1.29, 1.82) is 0 Å². The molecular weight excluding hydrogens is 160 g/mol. The quantitative estimate of drug-likeness (QED) is 0.492. The molecule has 0 fully saturated rings. The Kier molecular flexibility index (Phi) is 2.09. The van der Waals surface area contributed by atoms with Gasteiger partial charge in [-0.1, -0.05) is 0 Å². The Morgan fingerprint density at radius 3 is 2.83 bits per heavy atom. The van der Waals surface area contributed by atoms with Crippen molar-refractivity contribution < 1.29 is 4.79 Å². The Morgan fingerprint density at radius 1 is 1.67 bits per heavy atom. The van der Waals surface area contributed by atoms with E-state index in [1.807, 2.05) is 0 Å². The number of hydrogen-bond acceptors (Lipinski definition) is 4. The molecule has 5 N–H and O–H groups in total. The van der Waals surface area contributed by atoms with E-state index in [9.17, 15) is 9.59 Å². The van der Waals surface area contributed by atoms with Crippen LogP contribution in [0.3, 0.4) is 0 Å². The molecule has 0 radical (unpaired) electrons. The zero-order valence-corrected chi connectivity index (χ0v) is 6.20. The summed E-state index contributed by atoms with van der Waals surface area (Å²) < 4.78 is 0. The van der Waals surface area contributed by atoms with Crippen molar-refractivity contribution in [3.05, 3.63) is 22.2 Å². The number of hydrogen-bond donors (Lipinski definition) is 3. The molecule has 1 aromatic heterocycles. The summed E-state index contributed by atoms with van der Waals surface area (Å²) >= 11 is 0. The number of amides is 1. The average Bonchev–Trinajstić information content (AvgIpc) is 1.81. The lowest BCUT2D eigenvalue weighted by atomic mass is 10.4. The van der Waals surface area contributed by atoms with Gasteiger partial charge in [0.2, 0.25) is 5.91 Å². The average molecular weight is 168 g/mol. The first kappa shape index (κ1) is 8.25. The maximum Gasteiger partial charge on any atom is 0.252 e. The SMILES string of the molecule is NC(=O)Cc1nc(N)cc(=O)[nH]1. The molecule has 1 rings (SSSR count). The number of H-pyrrole nitrogens is 1. The van der Waals surface area contributed by atoms with E-state index in [-0.39, 0.29) is 18.1 Å². The van der Waals surface area contributed by atoms with E-state index in [0.717, 1.165) is 6.07 Å². The molecule has 0 aliphatic carbocycles. The molecule has 12 heavy (non-hydrogen) atoms. The second-order valence-electron chi connectivity index (χ2n) is 2.26. The molecule has 0 spiro atoms. The van der Waals surface area contributed by atoms with Crippen molar-refractivity contribution >= 4 is 11.7 Å². The highest BCUT2D eigenvalue weighted by molar-refractivity contribution is 5.75. The number of rotatable bonds is 2. The van der Waals surface area contributed by atoms with E-state index in [1.54, 1.807) is 0 Å². The lowest BCUT2D eigenvalue weighted by Crippen LogP contribution is -2.19. The fraction of sp³-hybridized carbons (Fsp3) is 0.167. The van der Waals surface area contributed by atoms with Crippen molar-refractivity contribution in [1.82, 2.24) is 9.97 Å². The molecule has 0 aliphatic rings. The number of nitrogens with two attached hydrogens (primary N) is 2. The largest absolute Gasteiger partial charge is 0.383 e. The topological polar surface area (TPSA) is 115 Å². The molecule has 1 amide bonds. The third-order valence-corrected chi connectivity index (χ3v) is 1.15. The number of nitrogens with zero attached hydrogens (tertiary/aromatic N) is 1. The minimum Gasteiger partial charge on any atom is -0.383 e. The Bertz CT molecular complexity index is 357. The van der Waals surface area contributed by atoms with E-state index in [1.165, 1.54) is 0 Å². The Morgan fingerprint density at radius 2 is 2.33 bits per heavy atom. The molecule has 6 heteroatoms. The number of primary amides is 1. The molecule has 6 nitrogen and oxygen atoms in total. The Labute approximate surface area is 67.6 Å². The smallest absolute Gasteiger partial charge is 0.252 e. The van der Waals surface area contributed by atoms with Gasteiger partial charge in [-0.05, 0) is 0 Å². The highest BCUT2D eigenvalue weighted by Gasteiger charge is 2.01. The van der Waals surface area contributed by atoms with Gasteiger partial charge in [0.15, 0.2) is 0 Å². The fourth-order valence-corrected chi connectivity index (χ4v) is 0.777. The normalized spacial score (nSPS) is 9.67. The second-order valence-corrected chi connectivity index (χ2v) is 2.26. The van der Waals surface area contributed by atoms with Gasteiger partial charge >= 0.3 is 0 Å². The predicted molar refractivity (Wildman–Crippen MR) is 42.2 cm³/mol. The van der Waals surface area contributed by atoms with Gasteiger partial charge < -0.3 is 16.5 Å². The van der Waals surface area contributed by atoms with E-state index in [0.29, 0.717) is 0 Å². The summed E-state index contributed by atoms with van der Waals surface area (Å²) in [5, 5.41) is 0. The first-order valence-corrected chi connectivity index (χ1v) is 3.22. The number of nitrogens with one attached hydrogen (secondary N) is 1. The molecule has 0 aromatic carbocycles. The number of aromatic amines is 1. The molecular formula is C6H8N4O2. The summed E-state index contributed by atoms with van der Waals surface area (Å²) in [6, 6.07) is 1.13. The summed E-state index contributed by atoms with van der Waals surface area (Å²) in [6.45, 7) is 0. The Balaban J connectivity index is 3.01. The number of carbonyl (C=O) groups excluding carboxylic acids is 1. The van der Waals surface area contributed by atoms with E-state index >= 15 is 0 Å². The molecule has 0 saturated carbocycles. The van der Waals surface area contributed by atoms with Gasteiger partial charge in [-0.25, -0.2) is 4.98 Å². The number of anilines is 1. The van der Waals surface area contributed by atoms with Crippen LogP contribution >= 0.6 is 0 Å². The van der Waals surface area contributed by atoms with Crippen LogP contribution in [0, 0.1) is 0 Å². The molecule has 64 valence electrons. The van der Waals surface area contributed by atoms with E-state index in [2.05, 4.69) is 9.97 Å². The first-order valence-electron chi connectivity index (χ1n) is 3.22. The van der Waals surface area contributed by atoms with Crippen LogP contribution in [-0.2, 0) is 11.2 Å².